The molecule has 4 heterocycles. The zero-order valence-electron chi connectivity index (χ0n) is 15.9. The van der Waals surface area contributed by atoms with Gasteiger partial charge in [0.25, 0.3) is 0 Å². The van der Waals surface area contributed by atoms with Crippen LogP contribution in [0.5, 0.6) is 0 Å². The zero-order chi connectivity index (χ0) is 18.6. The first-order valence-electron chi connectivity index (χ1n) is 9.69. The maximum absolute atomic E-state index is 4.95. The molecule has 0 bridgehead atoms. The lowest BCUT2D eigenvalue weighted by Crippen LogP contribution is -2.23. The van der Waals surface area contributed by atoms with Gasteiger partial charge in [0.1, 0.15) is 11.5 Å². The van der Waals surface area contributed by atoms with Crippen molar-refractivity contribution in [2.24, 2.45) is 0 Å². The van der Waals surface area contributed by atoms with Crippen molar-refractivity contribution >= 4 is 11.5 Å². The number of anilines is 1. The van der Waals surface area contributed by atoms with E-state index in [1.165, 1.54) is 18.4 Å². The van der Waals surface area contributed by atoms with Gasteiger partial charge >= 0.3 is 0 Å². The Morgan fingerprint density at radius 3 is 2.48 bits per heavy atom. The first-order valence-corrected chi connectivity index (χ1v) is 9.69. The normalized spacial score (nSPS) is 16.4. The zero-order valence-corrected chi connectivity index (χ0v) is 15.9. The third-order valence-corrected chi connectivity index (χ3v) is 4.95. The highest BCUT2D eigenvalue weighted by Crippen LogP contribution is 2.35. The molecule has 27 heavy (non-hydrogen) atoms. The second-order valence-electron chi connectivity index (χ2n) is 6.44. The fourth-order valence-corrected chi connectivity index (χ4v) is 3.75. The van der Waals surface area contributed by atoms with Crippen LogP contribution in [-0.4, -0.2) is 25.7 Å². The Bertz CT molecular complexity index is 988. The van der Waals surface area contributed by atoms with Crippen LogP contribution in [0.3, 0.4) is 0 Å². The molecular formula is C22H25N5. The summed E-state index contributed by atoms with van der Waals surface area (Å²) in [5, 5.41) is 4.43. The molecule has 5 heteroatoms. The van der Waals surface area contributed by atoms with Gasteiger partial charge in [0.15, 0.2) is 5.65 Å². The maximum Gasteiger partial charge on any atom is 0.181 e. The van der Waals surface area contributed by atoms with Crippen LogP contribution in [0, 0.1) is 0 Å². The molecule has 138 valence electrons. The summed E-state index contributed by atoms with van der Waals surface area (Å²) >= 11 is 0. The summed E-state index contributed by atoms with van der Waals surface area (Å²) in [6, 6.07) is 17.2. The third kappa shape index (κ3) is 3.21. The van der Waals surface area contributed by atoms with Crippen molar-refractivity contribution in [3.8, 4) is 5.69 Å². The molecule has 5 nitrogen and oxygen atoms in total. The third-order valence-electron chi connectivity index (χ3n) is 4.95. The van der Waals surface area contributed by atoms with E-state index < -0.39 is 0 Å². The number of hydrogen-bond acceptors (Lipinski definition) is 3. The van der Waals surface area contributed by atoms with E-state index in [4.69, 9.17) is 4.98 Å². The van der Waals surface area contributed by atoms with Gasteiger partial charge in [0.05, 0.1) is 12.2 Å². The van der Waals surface area contributed by atoms with Crippen molar-refractivity contribution in [3.05, 3.63) is 78.9 Å². The lowest BCUT2D eigenvalue weighted by Gasteiger charge is -2.26. The molecular weight excluding hydrogens is 334 g/mol. The first-order chi connectivity index (χ1) is 13.4. The molecule has 1 unspecified atom stereocenters. The SMILES string of the molecule is CC.c1ccc(C2CCCN2c2ccn3ncc(-n4cccc4)c3n2)cc1. The highest BCUT2D eigenvalue weighted by atomic mass is 15.3. The molecule has 1 aliphatic heterocycles. The van der Waals surface area contributed by atoms with Gasteiger partial charge in [-0.1, -0.05) is 44.2 Å². The largest absolute Gasteiger partial charge is 0.349 e. The fraction of sp³-hybridized carbons (Fsp3) is 0.273. The summed E-state index contributed by atoms with van der Waals surface area (Å²) in [6.45, 7) is 5.04. The van der Waals surface area contributed by atoms with E-state index in [9.17, 15) is 0 Å². The Hall–Kier alpha value is -3.08. The van der Waals surface area contributed by atoms with E-state index >= 15 is 0 Å². The molecule has 1 atom stereocenters. The van der Waals surface area contributed by atoms with Gasteiger partial charge in [-0.05, 0) is 36.6 Å². The first kappa shape index (κ1) is 17.3. The van der Waals surface area contributed by atoms with Crippen LogP contribution in [0.1, 0.15) is 38.3 Å². The molecule has 1 saturated heterocycles. The molecule has 5 rings (SSSR count). The fourth-order valence-electron chi connectivity index (χ4n) is 3.75. The van der Waals surface area contributed by atoms with Crippen molar-refractivity contribution in [2.75, 3.05) is 11.4 Å². The molecule has 0 spiro atoms. The summed E-state index contributed by atoms with van der Waals surface area (Å²) in [5.74, 6) is 1.02. The van der Waals surface area contributed by atoms with Crippen LogP contribution in [0.2, 0.25) is 0 Å². The van der Waals surface area contributed by atoms with Gasteiger partial charge in [-0.3, -0.25) is 0 Å². The Balaban J connectivity index is 0.000000872. The van der Waals surface area contributed by atoms with Crippen molar-refractivity contribution < 1.29 is 0 Å². The quantitative estimate of drug-likeness (QED) is 0.523. The van der Waals surface area contributed by atoms with E-state index in [1.54, 1.807) is 0 Å². The topological polar surface area (TPSA) is 38.4 Å². The summed E-state index contributed by atoms with van der Waals surface area (Å²) in [5.41, 5.74) is 3.25. The van der Waals surface area contributed by atoms with Crippen molar-refractivity contribution in [2.45, 2.75) is 32.7 Å². The van der Waals surface area contributed by atoms with Crippen LogP contribution in [-0.2, 0) is 0 Å². The number of aromatic nitrogens is 4. The second kappa shape index (κ2) is 7.66. The Morgan fingerprint density at radius 1 is 0.926 bits per heavy atom. The minimum absolute atomic E-state index is 0.397. The minimum atomic E-state index is 0.397. The molecule has 1 aliphatic rings. The van der Waals surface area contributed by atoms with E-state index in [1.807, 2.05) is 55.3 Å². The lowest BCUT2D eigenvalue weighted by molar-refractivity contribution is 0.710. The maximum atomic E-state index is 4.95. The van der Waals surface area contributed by atoms with Gasteiger partial charge < -0.3 is 9.47 Å². The van der Waals surface area contributed by atoms with Gasteiger partial charge in [0, 0.05) is 25.1 Å². The molecule has 3 aromatic heterocycles. The summed E-state index contributed by atoms with van der Waals surface area (Å²) in [7, 11) is 0. The average Bonchev–Trinajstić information content (AvgIpc) is 3.49. The molecule has 0 amide bonds. The Morgan fingerprint density at radius 2 is 1.70 bits per heavy atom. The molecule has 1 aromatic carbocycles. The highest BCUT2D eigenvalue weighted by Gasteiger charge is 2.27. The van der Waals surface area contributed by atoms with Crippen molar-refractivity contribution in [1.82, 2.24) is 19.2 Å². The highest BCUT2D eigenvalue weighted by molar-refractivity contribution is 5.61. The predicted molar refractivity (Wildman–Crippen MR) is 109 cm³/mol. The summed E-state index contributed by atoms with van der Waals surface area (Å²) < 4.78 is 3.89. The summed E-state index contributed by atoms with van der Waals surface area (Å²) in [6.07, 6.45) is 10.3. The van der Waals surface area contributed by atoms with Crippen LogP contribution in [0.4, 0.5) is 5.82 Å². The average molecular weight is 359 g/mol. The van der Waals surface area contributed by atoms with E-state index in [0.717, 1.165) is 23.7 Å². The predicted octanol–water partition coefficient (Wildman–Crippen LogP) is 4.89. The molecule has 1 fully saturated rings. The lowest BCUT2D eigenvalue weighted by atomic mass is 10.0. The second-order valence-corrected chi connectivity index (χ2v) is 6.44. The van der Waals surface area contributed by atoms with Gasteiger partial charge in [-0.2, -0.15) is 5.10 Å². The summed E-state index contributed by atoms with van der Waals surface area (Å²) in [4.78, 5) is 7.37. The molecule has 4 aromatic rings. The van der Waals surface area contributed by atoms with Gasteiger partial charge in [-0.15, -0.1) is 0 Å². The molecule has 0 aliphatic carbocycles. The van der Waals surface area contributed by atoms with Crippen LogP contribution in [0.15, 0.2) is 73.3 Å². The number of fused-ring (bicyclic) bond motifs is 1. The van der Waals surface area contributed by atoms with Crippen LogP contribution >= 0.6 is 0 Å². The van der Waals surface area contributed by atoms with Crippen LogP contribution < -0.4 is 4.90 Å². The van der Waals surface area contributed by atoms with E-state index in [-0.39, 0.29) is 0 Å². The van der Waals surface area contributed by atoms with Crippen LogP contribution in [0.25, 0.3) is 11.3 Å². The standard InChI is InChI=1S/C20H19N5.C2H6/c1-2-7-16(8-3-1)17-9-6-13-24(17)19-10-14-25-20(22-19)18(15-21-25)23-11-4-5-12-23;1-2/h1-5,7-8,10-12,14-15,17H,6,9,13H2;1-2H3. The van der Waals surface area contributed by atoms with E-state index in [2.05, 4.69) is 51.0 Å². The minimum Gasteiger partial charge on any atom is -0.349 e. The number of rotatable bonds is 3. The Kier molecular flexibility index (Phi) is 4.92. The van der Waals surface area contributed by atoms with Crippen molar-refractivity contribution in [3.63, 3.8) is 0 Å². The van der Waals surface area contributed by atoms with Crippen molar-refractivity contribution in [1.29, 1.82) is 0 Å². The number of benzene rings is 1. The molecule has 0 radical (unpaired) electrons. The van der Waals surface area contributed by atoms with Gasteiger partial charge in [0.2, 0.25) is 0 Å². The monoisotopic (exact) mass is 359 g/mol. The Labute approximate surface area is 159 Å². The van der Waals surface area contributed by atoms with Gasteiger partial charge in [-0.25, -0.2) is 9.50 Å². The smallest absolute Gasteiger partial charge is 0.181 e. The van der Waals surface area contributed by atoms with E-state index in [0.29, 0.717) is 6.04 Å². The molecule has 0 saturated carbocycles. The number of nitrogens with zero attached hydrogens (tertiary/aromatic N) is 5. The number of hydrogen-bond donors (Lipinski definition) is 0. The molecule has 0 N–H and O–H groups in total.